The van der Waals surface area contributed by atoms with Crippen LogP contribution in [0.4, 0.5) is 8.78 Å². The summed E-state index contributed by atoms with van der Waals surface area (Å²) in [5.74, 6) is 0.0637. The molecule has 154 valence electrons. The van der Waals surface area contributed by atoms with E-state index in [1.165, 1.54) is 43.5 Å². The Morgan fingerprint density at radius 1 is 1.04 bits per heavy atom. The Hall–Kier alpha value is -1.68. The number of para-hydroxylation sites is 1. The lowest BCUT2D eigenvalue weighted by Gasteiger charge is -2.32. The third-order valence-corrected chi connectivity index (χ3v) is 7.39. The number of methoxy groups -OCH3 is 1. The van der Waals surface area contributed by atoms with Crippen LogP contribution < -0.4 is 9.46 Å². The van der Waals surface area contributed by atoms with Crippen molar-refractivity contribution in [3.8, 4) is 5.75 Å². The second-order valence-electron chi connectivity index (χ2n) is 7.05. The third kappa shape index (κ3) is 4.48. The minimum atomic E-state index is -5.09. The van der Waals surface area contributed by atoms with Crippen LogP contribution in [0.1, 0.15) is 32.4 Å². The van der Waals surface area contributed by atoms with E-state index in [2.05, 4.69) is 4.72 Å². The maximum Gasteiger partial charge on any atom is 0.373 e. The number of sulfone groups is 1. The fraction of sp³-hybridized carbons (Fsp3) is 0.368. The van der Waals surface area contributed by atoms with Crippen molar-refractivity contribution in [2.24, 2.45) is 0 Å². The molecule has 0 aromatic heterocycles. The van der Waals surface area contributed by atoms with E-state index >= 15 is 8.78 Å². The Labute approximate surface area is 167 Å². The second kappa shape index (κ2) is 8.36. The molecule has 0 heterocycles. The number of benzene rings is 2. The molecule has 0 saturated heterocycles. The Kier molecular flexibility index (Phi) is 6.75. The van der Waals surface area contributed by atoms with Crippen LogP contribution in [0.25, 0.3) is 0 Å². The number of rotatable bonds is 7. The Balaban J connectivity index is 2.63. The fourth-order valence-electron chi connectivity index (χ4n) is 2.41. The number of nitrogens with one attached hydrogen (secondary N) is 1. The maximum atomic E-state index is 15.5. The van der Waals surface area contributed by atoms with Crippen LogP contribution in [0.5, 0.6) is 5.75 Å². The highest BCUT2D eigenvalue weighted by Crippen LogP contribution is 2.43. The van der Waals surface area contributed by atoms with Crippen molar-refractivity contribution in [2.45, 2.75) is 41.7 Å². The largest absolute Gasteiger partial charge is 0.598 e. The topological polar surface area (TPSA) is 78.5 Å². The van der Waals surface area contributed by atoms with Crippen LogP contribution in [0.15, 0.2) is 59.5 Å². The Morgan fingerprint density at radius 2 is 1.57 bits per heavy atom. The number of halogens is 2. The molecule has 2 rings (SSSR count). The lowest BCUT2D eigenvalue weighted by Crippen LogP contribution is -2.49. The summed E-state index contributed by atoms with van der Waals surface area (Å²) in [5.41, 5.74) is -0.105. The van der Waals surface area contributed by atoms with Gasteiger partial charge in [0.25, 0.3) is 0 Å². The molecule has 0 aliphatic rings. The first-order valence-corrected chi connectivity index (χ1v) is 11.0. The van der Waals surface area contributed by atoms with E-state index in [-0.39, 0.29) is 11.3 Å². The van der Waals surface area contributed by atoms with E-state index in [4.69, 9.17) is 4.74 Å². The normalized spacial score (nSPS) is 15.1. The molecule has 0 fully saturated rings. The summed E-state index contributed by atoms with van der Waals surface area (Å²) in [6, 6.07) is 10.2. The van der Waals surface area contributed by atoms with Crippen LogP contribution in [-0.2, 0) is 21.2 Å². The molecule has 1 N–H and O–H groups in total. The molecule has 2 aromatic carbocycles. The molecule has 2 aromatic rings. The van der Waals surface area contributed by atoms with Crippen molar-refractivity contribution in [2.75, 3.05) is 7.11 Å². The van der Waals surface area contributed by atoms with Crippen LogP contribution >= 0.6 is 0 Å². The monoisotopic (exact) mass is 431 g/mol. The highest BCUT2D eigenvalue weighted by molar-refractivity contribution is 7.93. The molecule has 0 aliphatic carbocycles. The van der Waals surface area contributed by atoms with Crippen molar-refractivity contribution >= 4 is 21.2 Å². The van der Waals surface area contributed by atoms with E-state index in [9.17, 15) is 13.0 Å². The van der Waals surface area contributed by atoms with Gasteiger partial charge in [-0.25, -0.2) is 8.42 Å². The van der Waals surface area contributed by atoms with E-state index in [1.807, 2.05) is 0 Å². The minimum Gasteiger partial charge on any atom is -0.598 e. The van der Waals surface area contributed by atoms with Gasteiger partial charge in [0.15, 0.2) is 6.04 Å². The number of ether oxygens (including phenoxy) is 1. The van der Waals surface area contributed by atoms with Crippen LogP contribution in [0.2, 0.25) is 0 Å². The van der Waals surface area contributed by atoms with Gasteiger partial charge in [-0.1, -0.05) is 36.4 Å². The standard InChI is InChI=1S/C19H23F2NO4S2/c1-18(2,3)27(23)22-17(15-12-8-9-13-16(15)26-4)19(20,21)28(24,25)14-10-6-5-7-11-14/h5-13,17,22H,1-4H3. The molecule has 0 spiro atoms. The van der Waals surface area contributed by atoms with Gasteiger partial charge in [-0.05, 0) is 39.0 Å². The van der Waals surface area contributed by atoms with Crippen LogP contribution in [-0.4, -0.2) is 30.1 Å². The average Bonchev–Trinajstić information content (AvgIpc) is 2.65. The predicted octanol–water partition coefficient (Wildman–Crippen LogP) is 3.85. The molecular weight excluding hydrogens is 408 g/mol. The van der Waals surface area contributed by atoms with Crippen molar-refractivity contribution in [3.63, 3.8) is 0 Å². The van der Waals surface area contributed by atoms with Crippen LogP contribution in [0.3, 0.4) is 0 Å². The summed E-state index contributed by atoms with van der Waals surface area (Å²) in [5, 5.41) is -4.30. The molecule has 0 amide bonds. The van der Waals surface area contributed by atoms with Gasteiger partial charge < -0.3 is 9.29 Å². The molecule has 9 heteroatoms. The molecule has 5 nitrogen and oxygen atoms in total. The smallest absolute Gasteiger partial charge is 0.373 e. The van der Waals surface area contributed by atoms with Crippen molar-refractivity contribution in [3.05, 3.63) is 60.2 Å². The summed E-state index contributed by atoms with van der Waals surface area (Å²) in [6.07, 6.45) is 0. The summed E-state index contributed by atoms with van der Waals surface area (Å²) in [7, 11) is -3.80. The predicted molar refractivity (Wildman–Crippen MR) is 105 cm³/mol. The van der Waals surface area contributed by atoms with E-state index in [0.29, 0.717) is 0 Å². The molecular formula is C19H23F2NO4S2. The first-order valence-electron chi connectivity index (χ1n) is 8.41. The zero-order valence-corrected chi connectivity index (χ0v) is 17.6. The summed E-state index contributed by atoms with van der Waals surface area (Å²) in [6.45, 7) is 4.79. The Bertz CT molecular complexity index is 900. The average molecular weight is 432 g/mol. The van der Waals surface area contributed by atoms with E-state index in [0.717, 1.165) is 12.1 Å². The molecule has 0 aliphatic heterocycles. The van der Waals surface area contributed by atoms with Crippen LogP contribution in [0, 0.1) is 0 Å². The molecule has 28 heavy (non-hydrogen) atoms. The first-order chi connectivity index (χ1) is 12.9. The fourth-order valence-corrected chi connectivity index (χ4v) is 4.66. The number of hydrogen-bond donors (Lipinski definition) is 1. The summed E-state index contributed by atoms with van der Waals surface area (Å²) >= 11 is -1.97. The first kappa shape index (κ1) is 22.6. The Morgan fingerprint density at radius 3 is 2.11 bits per heavy atom. The lowest BCUT2D eigenvalue weighted by atomic mass is 10.1. The zero-order valence-electron chi connectivity index (χ0n) is 16.0. The van der Waals surface area contributed by atoms with Gasteiger partial charge in [-0.2, -0.15) is 8.78 Å². The zero-order chi connectivity index (χ0) is 21.2. The summed E-state index contributed by atoms with van der Waals surface area (Å²) in [4.78, 5) is -0.525. The van der Waals surface area contributed by atoms with Gasteiger partial charge in [0.2, 0.25) is 9.84 Å². The van der Waals surface area contributed by atoms with Crippen molar-refractivity contribution < 1.29 is 26.5 Å². The van der Waals surface area contributed by atoms with Gasteiger partial charge in [-0.15, -0.1) is 4.72 Å². The lowest BCUT2D eigenvalue weighted by molar-refractivity contribution is 0.0543. The van der Waals surface area contributed by atoms with Gasteiger partial charge in [-0.3, -0.25) is 0 Å². The SMILES string of the molecule is COc1ccccc1C(N[S+]([O-])C(C)(C)C)C(F)(F)S(=O)(=O)c1ccccc1. The summed E-state index contributed by atoms with van der Waals surface area (Å²) < 4.78 is 75.6. The number of alkyl halides is 2. The van der Waals surface area contributed by atoms with Gasteiger partial charge in [0.05, 0.1) is 12.0 Å². The number of hydrogen-bond acceptors (Lipinski definition) is 5. The highest BCUT2D eigenvalue weighted by atomic mass is 32.2. The van der Waals surface area contributed by atoms with E-state index < -0.39 is 42.1 Å². The molecule has 0 bridgehead atoms. The maximum absolute atomic E-state index is 15.5. The van der Waals surface area contributed by atoms with Crippen molar-refractivity contribution in [1.82, 2.24) is 4.72 Å². The van der Waals surface area contributed by atoms with Crippen molar-refractivity contribution in [1.29, 1.82) is 0 Å². The van der Waals surface area contributed by atoms with E-state index in [1.54, 1.807) is 26.8 Å². The minimum absolute atomic E-state index is 0.0637. The quantitative estimate of drug-likeness (QED) is 0.674. The second-order valence-corrected chi connectivity index (χ2v) is 11.1. The van der Waals surface area contributed by atoms with Gasteiger partial charge in [0.1, 0.15) is 10.5 Å². The van der Waals surface area contributed by atoms with Gasteiger partial charge >= 0.3 is 5.25 Å². The van der Waals surface area contributed by atoms with Gasteiger partial charge in [0, 0.05) is 16.9 Å². The highest BCUT2D eigenvalue weighted by Gasteiger charge is 2.56. The molecule has 2 atom stereocenters. The molecule has 0 radical (unpaired) electrons. The molecule has 2 unspecified atom stereocenters. The third-order valence-electron chi connectivity index (χ3n) is 3.98. The molecule has 0 saturated carbocycles.